The highest BCUT2D eigenvalue weighted by Crippen LogP contribution is 2.39. The van der Waals surface area contributed by atoms with Crippen molar-refractivity contribution in [3.63, 3.8) is 0 Å². The number of rotatable bonds is 4. The molecule has 1 heterocycles. The molecule has 22 heavy (non-hydrogen) atoms. The van der Waals surface area contributed by atoms with Crippen LogP contribution in [0.2, 0.25) is 0 Å². The molecule has 1 atom stereocenters. The van der Waals surface area contributed by atoms with Gasteiger partial charge in [-0.1, -0.05) is 12.1 Å². The van der Waals surface area contributed by atoms with Gasteiger partial charge < -0.3 is 5.11 Å². The van der Waals surface area contributed by atoms with E-state index in [1.54, 1.807) is 0 Å². The summed E-state index contributed by atoms with van der Waals surface area (Å²) in [4.78, 5) is 12.2. The van der Waals surface area contributed by atoms with Crippen LogP contribution in [0.25, 0.3) is 11.4 Å². The summed E-state index contributed by atoms with van der Waals surface area (Å²) in [7, 11) is 0. The van der Waals surface area contributed by atoms with Gasteiger partial charge in [-0.3, -0.25) is 0 Å². The fraction of sp³-hybridized carbons (Fsp3) is 0.385. The van der Waals surface area contributed by atoms with Crippen molar-refractivity contribution in [2.24, 2.45) is 5.92 Å². The van der Waals surface area contributed by atoms with Crippen molar-refractivity contribution in [1.82, 2.24) is 20.2 Å². The number of aromatic nitrogens is 4. The molecule has 1 aromatic carbocycles. The summed E-state index contributed by atoms with van der Waals surface area (Å²) in [5, 5.41) is 20.5. The van der Waals surface area contributed by atoms with Gasteiger partial charge in [0.1, 0.15) is 0 Å². The minimum absolute atomic E-state index is 0.0296. The summed E-state index contributed by atoms with van der Waals surface area (Å²) in [6.45, 7) is 0. The first-order valence-corrected chi connectivity index (χ1v) is 6.56. The quantitative estimate of drug-likeness (QED) is 0.937. The van der Waals surface area contributed by atoms with Gasteiger partial charge in [-0.2, -0.15) is 13.2 Å². The molecule has 0 spiro atoms. The van der Waals surface area contributed by atoms with Crippen LogP contribution in [-0.4, -0.2) is 31.3 Å². The zero-order valence-corrected chi connectivity index (χ0v) is 11.2. The van der Waals surface area contributed by atoms with E-state index in [1.165, 1.54) is 12.1 Å². The number of halogens is 3. The highest BCUT2D eigenvalue weighted by Gasteiger charge is 2.39. The van der Waals surface area contributed by atoms with E-state index in [-0.39, 0.29) is 17.3 Å². The minimum atomic E-state index is -4.47. The summed E-state index contributed by atoms with van der Waals surface area (Å²) < 4.78 is 38.1. The summed E-state index contributed by atoms with van der Waals surface area (Å²) >= 11 is 0. The Morgan fingerprint density at radius 2 is 2.09 bits per heavy atom. The van der Waals surface area contributed by atoms with Gasteiger partial charge in [0, 0.05) is 5.56 Å². The van der Waals surface area contributed by atoms with E-state index in [0.717, 1.165) is 29.8 Å². The predicted octanol–water partition coefficient (Wildman–Crippen LogP) is 2.39. The molecule has 9 heteroatoms. The molecule has 1 aliphatic rings. The second kappa shape index (κ2) is 5.08. The first-order chi connectivity index (χ1) is 10.4. The van der Waals surface area contributed by atoms with Gasteiger partial charge in [0.15, 0.2) is 6.04 Å². The molecule has 1 unspecified atom stereocenters. The van der Waals surface area contributed by atoms with E-state index in [0.29, 0.717) is 0 Å². The Kier molecular flexibility index (Phi) is 3.34. The maximum absolute atomic E-state index is 12.7. The van der Waals surface area contributed by atoms with E-state index >= 15 is 0 Å². The molecule has 0 saturated heterocycles. The van der Waals surface area contributed by atoms with Gasteiger partial charge in [0.25, 0.3) is 0 Å². The molecular weight excluding hydrogens is 301 g/mol. The highest BCUT2D eigenvalue weighted by atomic mass is 19.4. The van der Waals surface area contributed by atoms with Crippen molar-refractivity contribution in [3.8, 4) is 11.4 Å². The molecule has 0 aliphatic heterocycles. The van der Waals surface area contributed by atoms with Gasteiger partial charge in [-0.05, 0) is 36.1 Å². The molecule has 0 amide bonds. The average Bonchev–Trinajstić information content (AvgIpc) is 3.14. The fourth-order valence-electron chi connectivity index (χ4n) is 2.19. The normalized spacial score (nSPS) is 16.5. The minimum Gasteiger partial charge on any atom is -0.480 e. The molecule has 1 saturated carbocycles. The van der Waals surface area contributed by atoms with Crippen molar-refractivity contribution in [1.29, 1.82) is 0 Å². The average molecular weight is 312 g/mol. The van der Waals surface area contributed by atoms with Crippen LogP contribution in [-0.2, 0) is 11.0 Å². The van der Waals surface area contributed by atoms with Crippen LogP contribution in [0.3, 0.4) is 0 Å². The van der Waals surface area contributed by atoms with E-state index < -0.39 is 23.8 Å². The number of aliphatic carboxylic acids is 1. The maximum atomic E-state index is 12.7. The maximum Gasteiger partial charge on any atom is 0.416 e. The van der Waals surface area contributed by atoms with Crippen molar-refractivity contribution >= 4 is 5.97 Å². The van der Waals surface area contributed by atoms with E-state index in [4.69, 9.17) is 0 Å². The van der Waals surface area contributed by atoms with Gasteiger partial charge in [-0.15, -0.1) is 15.0 Å². The lowest BCUT2D eigenvalue weighted by Crippen LogP contribution is -2.23. The summed E-state index contributed by atoms with van der Waals surface area (Å²) in [5.74, 6) is -1.16. The zero-order valence-electron chi connectivity index (χ0n) is 11.2. The van der Waals surface area contributed by atoms with Crippen LogP contribution >= 0.6 is 0 Å². The fourth-order valence-corrected chi connectivity index (χ4v) is 2.19. The number of hydrogen-bond acceptors (Lipinski definition) is 4. The number of carboxylic acid groups (broad SMARTS) is 1. The summed E-state index contributed by atoms with van der Waals surface area (Å²) in [5.41, 5.74) is -0.681. The SMILES string of the molecule is O=C(O)C(C1CC1)n1nnc(-c2cccc(C(F)(F)F)c2)n1. The number of nitrogens with zero attached hydrogens (tertiary/aromatic N) is 4. The lowest BCUT2D eigenvalue weighted by Gasteiger charge is -2.08. The second-order valence-corrected chi connectivity index (χ2v) is 5.13. The van der Waals surface area contributed by atoms with Crippen molar-refractivity contribution in [2.45, 2.75) is 25.1 Å². The first kappa shape index (κ1) is 14.5. The standard InChI is InChI=1S/C13H11F3N4O2/c14-13(15,16)9-3-1-2-8(6-9)11-17-19-20(18-11)10(12(21)22)7-4-5-7/h1-3,6-7,10H,4-5H2,(H,21,22). The molecular formula is C13H11F3N4O2. The molecule has 0 bridgehead atoms. The number of carboxylic acids is 1. The third kappa shape index (κ3) is 2.78. The predicted molar refractivity (Wildman–Crippen MR) is 67.7 cm³/mol. The van der Waals surface area contributed by atoms with Gasteiger partial charge in [0.2, 0.25) is 5.82 Å². The third-order valence-electron chi connectivity index (χ3n) is 3.45. The molecule has 1 N–H and O–H groups in total. The molecule has 2 aromatic rings. The van der Waals surface area contributed by atoms with Crippen LogP contribution in [0.4, 0.5) is 13.2 Å². The summed E-state index contributed by atoms with van der Waals surface area (Å²) in [6.07, 6.45) is -2.95. The monoisotopic (exact) mass is 312 g/mol. The Hall–Kier alpha value is -2.45. The molecule has 1 aliphatic carbocycles. The van der Waals surface area contributed by atoms with Crippen molar-refractivity contribution in [3.05, 3.63) is 29.8 Å². The second-order valence-electron chi connectivity index (χ2n) is 5.13. The molecule has 116 valence electrons. The first-order valence-electron chi connectivity index (χ1n) is 6.56. The Morgan fingerprint density at radius 1 is 1.36 bits per heavy atom. The third-order valence-corrected chi connectivity index (χ3v) is 3.45. The Labute approximate surface area is 122 Å². The Bertz CT molecular complexity index is 709. The smallest absolute Gasteiger partial charge is 0.416 e. The largest absolute Gasteiger partial charge is 0.480 e. The van der Waals surface area contributed by atoms with E-state index in [1.807, 2.05) is 0 Å². The zero-order chi connectivity index (χ0) is 15.9. The van der Waals surface area contributed by atoms with E-state index in [9.17, 15) is 23.1 Å². The van der Waals surface area contributed by atoms with Crippen LogP contribution in [0, 0.1) is 5.92 Å². The lowest BCUT2D eigenvalue weighted by molar-refractivity contribution is -0.142. The van der Waals surface area contributed by atoms with Crippen molar-refractivity contribution < 1.29 is 23.1 Å². The Morgan fingerprint density at radius 3 is 2.68 bits per heavy atom. The molecule has 1 fully saturated rings. The molecule has 1 aromatic heterocycles. The van der Waals surface area contributed by atoms with Crippen LogP contribution in [0.15, 0.2) is 24.3 Å². The molecule has 3 rings (SSSR count). The van der Waals surface area contributed by atoms with Crippen LogP contribution in [0.1, 0.15) is 24.4 Å². The van der Waals surface area contributed by atoms with Crippen LogP contribution in [0.5, 0.6) is 0 Å². The van der Waals surface area contributed by atoms with Gasteiger partial charge in [0.05, 0.1) is 5.56 Å². The molecule has 0 radical (unpaired) electrons. The number of carbonyl (C=O) groups is 1. The van der Waals surface area contributed by atoms with E-state index in [2.05, 4.69) is 15.4 Å². The Balaban J connectivity index is 1.92. The van der Waals surface area contributed by atoms with Crippen LogP contribution < -0.4 is 0 Å². The number of alkyl halides is 3. The molecule has 6 nitrogen and oxygen atoms in total. The number of hydrogen-bond donors (Lipinski definition) is 1. The highest BCUT2D eigenvalue weighted by molar-refractivity contribution is 5.72. The van der Waals surface area contributed by atoms with Gasteiger partial charge in [-0.25, -0.2) is 4.79 Å². The lowest BCUT2D eigenvalue weighted by atomic mass is 10.1. The topological polar surface area (TPSA) is 80.9 Å². The van der Waals surface area contributed by atoms with Gasteiger partial charge >= 0.3 is 12.1 Å². The van der Waals surface area contributed by atoms with Crippen molar-refractivity contribution in [2.75, 3.05) is 0 Å². The number of benzene rings is 1. The summed E-state index contributed by atoms with van der Waals surface area (Å²) in [6, 6.07) is 3.59. The number of tetrazole rings is 1.